The molecule has 1 aliphatic heterocycles. The van der Waals surface area contributed by atoms with Crippen LogP contribution in [0.2, 0.25) is 5.02 Å². The molecule has 0 aliphatic carbocycles. The molecule has 0 aromatic heterocycles. The molecule has 3 amide bonds. The molecule has 6 nitrogen and oxygen atoms in total. The minimum atomic E-state index is -0.228. The predicted molar refractivity (Wildman–Crippen MR) is 102 cm³/mol. The van der Waals surface area contributed by atoms with Crippen LogP contribution in [0.1, 0.15) is 34.1 Å². The predicted octanol–water partition coefficient (Wildman–Crippen LogP) is 2.76. The Kier molecular flexibility index (Phi) is 6.64. The lowest BCUT2D eigenvalue weighted by Gasteiger charge is -2.30. The van der Waals surface area contributed by atoms with Crippen LogP contribution in [0.5, 0.6) is 0 Å². The van der Waals surface area contributed by atoms with Crippen molar-refractivity contribution in [3.63, 3.8) is 0 Å². The van der Waals surface area contributed by atoms with E-state index in [1.807, 2.05) is 27.7 Å². The Balaban J connectivity index is 2.08. The first-order valence-corrected chi connectivity index (χ1v) is 9.26. The fourth-order valence-corrected chi connectivity index (χ4v) is 2.99. The zero-order valence-corrected chi connectivity index (χ0v) is 16.5. The van der Waals surface area contributed by atoms with Crippen LogP contribution in [0.4, 0.5) is 5.69 Å². The second-order valence-corrected chi connectivity index (χ2v) is 7.34. The zero-order valence-electron chi connectivity index (χ0n) is 15.7. The fourth-order valence-electron chi connectivity index (χ4n) is 2.80. The number of carbonyl (C=O) groups is 3. The lowest BCUT2D eigenvalue weighted by Crippen LogP contribution is -2.47. The van der Waals surface area contributed by atoms with Gasteiger partial charge in [-0.3, -0.25) is 19.3 Å². The van der Waals surface area contributed by atoms with Gasteiger partial charge in [0.15, 0.2) is 0 Å². The molecule has 1 fully saturated rings. The minimum Gasteiger partial charge on any atom is -0.331 e. The highest BCUT2D eigenvalue weighted by Crippen LogP contribution is 2.23. The normalized spacial score (nSPS) is 15.5. The number of nitrogens with zero attached hydrogens (tertiary/aromatic N) is 3. The van der Waals surface area contributed by atoms with Gasteiger partial charge in [0.2, 0.25) is 17.7 Å². The van der Waals surface area contributed by atoms with E-state index in [2.05, 4.69) is 0 Å². The van der Waals surface area contributed by atoms with Crippen LogP contribution in [0.25, 0.3) is 0 Å². The average molecular weight is 380 g/mol. The lowest BCUT2D eigenvalue weighted by molar-refractivity contribution is -0.144. The maximum atomic E-state index is 12.7. The summed E-state index contributed by atoms with van der Waals surface area (Å²) in [6, 6.07) is 6.89. The lowest BCUT2D eigenvalue weighted by atomic mass is 10.1. The van der Waals surface area contributed by atoms with Crippen LogP contribution in [0.15, 0.2) is 24.3 Å². The van der Waals surface area contributed by atoms with E-state index in [9.17, 15) is 14.4 Å². The van der Waals surface area contributed by atoms with Crippen LogP contribution in [-0.4, -0.2) is 53.3 Å². The third-order valence-corrected chi connectivity index (χ3v) is 4.89. The van der Waals surface area contributed by atoms with Gasteiger partial charge >= 0.3 is 0 Å². The van der Waals surface area contributed by atoms with Gasteiger partial charge in [-0.15, -0.1) is 0 Å². The molecular formula is C19H26ClN3O3. The third-order valence-electron chi connectivity index (χ3n) is 4.66. The quantitative estimate of drug-likeness (QED) is 0.763. The highest BCUT2D eigenvalue weighted by Gasteiger charge is 2.34. The van der Waals surface area contributed by atoms with Crippen molar-refractivity contribution in [1.29, 1.82) is 0 Å². The summed E-state index contributed by atoms with van der Waals surface area (Å²) >= 11 is 5.99. The molecule has 0 radical (unpaired) electrons. The van der Waals surface area contributed by atoms with Crippen molar-refractivity contribution in [3.8, 4) is 0 Å². The first-order valence-electron chi connectivity index (χ1n) is 8.88. The summed E-state index contributed by atoms with van der Waals surface area (Å²) in [7, 11) is 0. The van der Waals surface area contributed by atoms with Gasteiger partial charge in [-0.2, -0.15) is 0 Å². The van der Waals surface area contributed by atoms with Crippen molar-refractivity contribution in [2.24, 2.45) is 5.92 Å². The van der Waals surface area contributed by atoms with E-state index in [0.717, 1.165) is 6.42 Å². The molecule has 0 unspecified atom stereocenters. The number of hydrogen-bond donors (Lipinski definition) is 0. The second-order valence-electron chi connectivity index (χ2n) is 6.90. The number of halogens is 1. The number of anilines is 1. The zero-order chi connectivity index (χ0) is 19.4. The van der Waals surface area contributed by atoms with Crippen molar-refractivity contribution in [2.45, 2.75) is 40.2 Å². The highest BCUT2D eigenvalue weighted by atomic mass is 35.5. The van der Waals surface area contributed by atoms with Crippen LogP contribution in [-0.2, 0) is 14.4 Å². The van der Waals surface area contributed by atoms with Gasteiger partial charge in [-0.1, -0.05) is 31.5 Å². The summed E-state index contributed by atoms with van der Waals surface area (Å²) in [5.41, 5.74) is 0.661. The van der Waals surface area contributed by atoms with Crippen molar-refractivity contribution in [3.05, 3.63) is 29.3 Å². The number of benzene rings is 1. The maximum Gasteiger partial charge on any atom is 0.248 e. The van der Waals surface area contributed by atoms with Gasteiger partial charge in [0.1, 0.15) is 19.8 Å². The Hall–Kier alpha value is -2.08. The van der Waals surface area contributed by atoms with E-state index in [1.165, 1.54) is 9.80 Å². The molecule has 142 valence electrons. The summed E-state index contributed by atoms with van der Waals surface area (Å²) in [5.74, 6) is -0.556. The minimum absolute atomic E-state index is 0.00873. The summed E-state index contributed by atoms with van der Waals surface area (Å²) in [6.07, 6.45) is 0.723. The molecule has 0 saturated carbocycles. The van der Waals surface area contributed by atoms with Crippen molar-refractivity contribution < 1.29 is 14.4 Å². The number of carbonyl (C=O) groups excluding carboxylic acids is 3. The summed E-state index contributed by atoms with van der Waals surface area (Å²) in [4.78, 5) is 42.1. The molecule has 2 rings (SSSR count). The van der Waals surface area contributed by atoms with E-state index < -0.39 is 0 Å². The topological polar surface area (TPSA) is 60.9 Å². The monoisotopic (exact) mass is 379 g/mol. The molecule has 1 heterocycles. The number of amides is 3. The van der Waals surface area contributed by atoms with Crippen LogP contribution in [0.3, 0.4) is 0 Å². The Morgan fingerprint density at radius 2 is 1.96 bits per heavy atom. The van der Waals surface area contributed by atoms with E-state index >= 15 is 0 Å². The first-order chi connectivity index (χ1) is 12.2. The number of hydrogen-bond acceptors (Lipinski definition) is 3. The first kappa shape index (κ1) is 20.2. The third kappa shape index (κ3) is 4.55. The summed E-state index contributed by atoms with van der Waals surface area (Å²) in [5, 5.41) is 0.533. The van der Waals surface area contributed by atoms with Gasteiger partial charge in [-0.25, -0.2) is 0 Å². The fraction of sp³-hybridized carbons (Fsp3) is 0.526. The molecule has 0 spiro atoms. The average Bonchev–Trinajstić information content (AvgIpc) is 2.99. The molecular weight excluding hydrogens is 354 g/mol. The van der Waals surface area contributed by atoms with Crippen molar-refractivity contribution in [2.75, 3.05) is 24.7 Å². The van der Waals surface area contributed by atoms with Gasteiger partial charge < -0.3 is 9.80 Å². The molecule has 0 bridgehead atoms. The molecule has 1 aromatic carbocycles. The Morgan fingerprint density at radius 1 is 1.27 bits per heavy atom. The van der Waals surface area contributed by atoms with E-state index in [-0.39, 0.29) is 49.4 Å². The smallest absolute Gasteiger partial charge is 0.248 e. The summed E-state index contributed by atoms with van der Waals surface area (Å²) in [6.45, 7) is 7.75. The molecule has 1 aromatic rings. The highest BCUT2D eigenvalue weighted by molar-refractivity contribution is 6.31. The van der Waals surface area contributed by atoms with Crippen molar-refractivity contribution >= 4 is 35.0 Å². The standard InChI is InChI=1S/C19H26ClN3O3/c1-5-14(4)19(26)22(13(2)3)11-17(24)21-10-18(25)23(12-21)16-8-6-7-15(20)9-16/h6-9,13-14H,5,10-12H2,1-4H3/t14-/m1/s1. The van der Waals surface area contributed by atoms with Gasteiger partial charge in [-0.05, 0) is 38.5 Å². The molecule has 26 heavy (non-hydrogen) atoms. The van der Waals surface area contributed by atoms with Crippen LogP contribution in [0, 0.1) is 5.92 Å². The largest absolute Gasteiger partial charge is 0.331 e. The van der Waals surface area contributed by atoms with Gasteiger partial charge in [0.25, 0.3) is 0 Å². The number of rotatable bonds is 6. The maximum absolute atomic E-state index is 12.7. The Bertz CT molecular complexity index is 692. The van der Waals surface area contributed by atoms with Gasteiger partial charge in [0, 0.05) is 22.7 Å². The Morgan fingerprint density at radius 3 is 2.54 bits per heavy atom. The van der Waals surface area contributed by atoms with Crippen LogP contribution < -0.4 is 4.90 Å². The van der Waals surface area contributed by atoms with E-state index in [1.54, 1.807) is 29.2 Å². The van der Waals surface area contributed by atoms with Gasteiger partial charge in [0.05, 0.1) is 0 Å². The molecule has 1 atom stereocenters. The van der Waals surface area contributed by atoms with E-state index in [4.69, 9.17) is 11.6 Å². The Labute approximate surface area is 159 Å². The van der Waals surface area contributed by atoms with Crippen LogP contribution >= 0.6 is 11.6 Å². The van der Waals surface area contributed by atoms with Crippen molar-refractivity contribution in [1.82, 2.24) is 9.80 Å². The summed E-state index contributed by atoms with van der Waals surface area (Å²) < 4.78 is 0. The van der Waals surface area contributed by atoms with E-state index in [0.29, 0.717) is 10.7 Å². The molecule has 1 saturated heterocycles. The molecule has 1 aliphatic rings. The second kappa shape index (κ2) is 8.54. The molecule has 7 heteroatoms. The molecule has 0 N–H and O–H groups in total. The SMILES string of the molecule is CC[C@@H](C)C(=O)N(CC(=O)N1CC(=O)N(c2cccc(Cl)c2)C1)C(C)C.